The third-order valence-electron chi connectivity index (χ3n) is 4.18. The van der Waals surface area contributed by atoms with Crippen LogP contribution >= 0.6 is 0 Å². The summed E-state index contributed by atoms with van der Waals surface area (Å²) in [6.45, 7) is 2.41. The highest BCUT2D eigenvalue weighted by atomic mass is 16.5. The first-order chi connectivity index (χ1) is 11.1. The summed E-state index contributed by atoms with van der Waals surface area (Å²) in [5.74, 6) is 0.881. The number of methoxy groups -OCH3 is 1. The van der Waals surface area contributed by atoms with Crippen LogP contribution in [0.3, 0.4) is 0 Å². The fourth-order valence-corrected chi connectivity index (χ4v) is 3.11. The predicted molar refractivity (Wildman–Crippen MR) is 80.6 cm³/mol. The third-order valence-corrected chi connectivity index (χ3v) is 4.18. The largest absolute Gasteiger partial charge is 0.379 e. The Balaban J connectivity index is 1.72. The lowest BCUT2D eigenvalue weighted by atomic mass is 10.0. The van der Waals surface area contributed by atoms with E-state index in [-0.39, 0.29) is 24.5 Å². The van der Waals surface area contributed by atoms with Crippen molar-refractivity contribution in [3.8, 4) is 0 Å². The summed E-state index contributed by atoms with van der Waals surface area (Å²) in [5, 5.41) is 7.91. The number of carbonyl (C=O) groups excluding carboxylic acids is 1. The Hall–Kier alpha value is -2.22. The molecule has 2 aromatic heterocycles. The second-order valence-electron chi connectivity index (χ2n) is 5.86. The molecule has 8 heteroatoms. The number of rotatable bonds is 5. The molecular formula is C15H21N5O3. The quantitative estimate of drug-likeness (QED) is 0.798. The number of amides is 1. The standard InChI is InChI=1S/C15H21N5O3/c1-10-17-14(23-18-10)7-15(21)20-5-4-13(22-3)12(20)6-11-8-16-19(2)9-11/h8-9,12-13H,4-7H2,1-3H3/t12-,13-/m0/s1. The fourth-order valence-electron chi connectivity index (χ4n) is 3.11. The Morgan fingerprint density at radius 1 is 1.52 bits per heavy atom. The van der Waals surface area contributed by atoms with Crippen LogP contribution in [0.15, 0.2) is 16.9 Å². The van der Waals surface area contributed by atoms with Gasteiger partial charge in [0.2, 0.25) is 11.8 Å². The first-order valence-corrected chi connectivity index (χ1v) is 7.66. The zero-order valence-electron chi connectivity index (χ0n) is 13.6. The number of likely N-dealkylation sites (tertiary alicyclic amines) is 1. The fraction of sp³-hybridized carbons (Fsp3) is 0.600. The van der Waals surface area contributed by atoms with E-state index in [0.717, 1.165) is 18.4 Å². The summed E-state index contributed by atoms with van der Waals surface area (Å²) in [6, 6.07) is 0.000665. The van der Waals surface area contributed by atoms with Crippen molar-refractivity contribution in [2.24, 2.45) is 7.05 Å². The van der Waals surface area contributed by atoms with Gasteiger partial charge in [-0.3, -0.25) is 9.48 Å². The van der Waals surface area contributed by atoms with Gasteiger partial charge in [-0.1, -0.05) is 5.16 Å². The Morgan fingerprint density at radius 3 is 2.96 bits per heavy atom. The minimum atomic E-state index is -0.0120. The van der Waals surface area contributed by atoms with Crippen LogP contribution in [0.5, 0.6) is 0 Å². The monoisotopic (exact) mass is 319 g/mol. The van der Waals surface area contributed by atoms with E-state index in [9.17, 15) is 4.79 Å². The first-order valence-electron chi connectivity index (χ1n) is 7.66. The summed E-state index contributed by atoms with van der Waals surface area (Å²) < 4.78 is 12.4. The van der Waals surface area contributed by atoms with Crippen LogP contribution in [-0.4, -0.2) is 56.5 Å². The zero-order valence-corrected chi connectivity index (χ0v) is 13.6. The SMILES string of the molecule is CO[C@H]1CCN(C(=O)Cc2nc(C)no2)[C@H]1Cc1cnn(C)c1. The lowest BCUT2D eigenvalue weighted by Crippen LogP contribution is -2.42. The number of nitrogens with zero attached hydrogens (tertiary/aromatic N) is 5. The molecule has 1 saturated heterocycles. The van der Waals surface area contributed by atoms with Gasteiger partial charge < -0.3 is 14.2 Å². The van der Waals surface area contributed by atoms with Crippen LogP contribution in [0.1, 0.15) is 23.7 Å². The predicted octanol–water partition coefficient (Wildman–Crippen LogP) is 0.513. The molecule has 1 fully saturated rings. The minimum absolute atomic E-state index is 0.000665. The van der Waals surface area contributed by atoms with Gasteiger partial charge in [0.15, 0.2) is 5.82 Å². The average molecular weight is 319 g/mol. The molecule has 0 aromatic carbocycles. The number of aromatic nitrogens is 4. The Kier molecular flexibility index (Phi) is 4.42. The Morgan fingerprint density at radius 2 is 2.35 bits per heavy atom. The summed E-state index contributed by atoms with van der Waals surface area (Å²) in [5.41, 5.74) is 1.09. The molecule has 0 radical (unpaired) electrons. The van der Waals surface area contributed by atoms with Crippen molar-refractivity contribution >= 4 is 5.91 Å². The van der Waals surface area contributed by atoms with Crippen molar-refractivity contribution in [1.82, 2.24) is 24.8 Å². The van der Waals surface area contributed by atoms with E-state index in [4.69, 9.17) is 9.26 Å². The maximum absolute atomic E-state index is 12.6. The van der Waals surface area contributed by atoms with E-state index in [2.05, 4.69) is 15.2 Å². The highest BCUT2D eigenvalue weighted by molar-refractivity contribution is 5.78. The molecule has 0 N–H and O–H groups in total. The van der Waals surface area contributed by atoms with E-state index in [1.165, 1.54) is 0 Å². The molecule has 1 aliphatic heterocycles. The topological polar surface area (TPSA) is 86.3 Å². The molecule has 23 heavy (non-hydrogen) atoms. The van der Waals surface area contributed by atoms with Crippen LogP contribution in [0.4, 0.5) is 0 Å². The summed E-state index contributed by atoms with van der Waals surface area (Å²) in [4.78, 5) is 18.6. The number of ether oxygens (including phenoxy) is 1. The molecule has 1 amide bonds. The van der Waals surface area contributed by atoms with E-state index in [1.54, 1.807) is 18.7 Å². The van der Waals surface area contributed by atoms with Crippen molar-refractivity contribution < 1.29 is 14.1 Å². The molecule has 0 bridgehead atoms. The van der Waals surface area contributed by atoms with Crippen molar-refractivity contribution in [3.05, 3.63) is 29.7 Å². The maximum Gasteiger partial charge on any atom is 0.236 e. The van der Waals surface area contributed by atoms with Gasteiger partial charge in [0.25, 0.3) is 0 Å². The number of hydrogen-bond acceptors (Lipinski definition) is 6. The van der Waals surface area contributed by atoms with Gasteiger partial charge in [-0.15, -0.1) is 0 Å². The molecule has 0 spiro atoms. The lowest BCUT2D eigenvalue weighted by Gasteiger charge is -2.27. The zero-order chi connectivity index (χ0) is 16.4. The van der Waals surface area contributed by atoms with Crippen molar-refractivity contribution in [1.29, 1.82) is 0 Å². The second-order valence-corrected chi connectivity index (χ2v) is 5.86. The molecule has 2 aromatic rings. The van der Waals surface area contributed by atoms with Gasteiger partial charge >= 0.3 is 0 Å². The molecule has 3 heterocycles. The number of carbonyl (C=O) groups is 1. The van der Waals surface area contributed by atoms with Crippen LogP contribution < -0.4 is 0 Å². The van der Waals surface area contributed by atoms with Gasteiger partial charge in [-0.2, -0.15) is 10.1 Å². The average Bonchev–Trinajstić information content (AvgIpc) is 3.21. The van der Waals surface area contributed by atoms with Crippen molar-refractivity contribution in [2.45, 2.75) is 38.3 Å². The van der Waals surface area contributed by atoms with Gasteiger partial charge in [0, 0.05) is 26.9 Å². The van der Waals surface area contributed by atoms with Crippen LogP contribution in [0.25, 0.3) is 0 Å². The molecule has 1 aliphatic rings. The second kappa shape index (κ2) is 6.49. The molecule has 0 aliphatic carbocycles. The molecule has 8 nitrogen and oxygen atoms in total. The molecule has 2 atom stereocenters. The Labute approximate surface area is 134 Å². The van der Waals surface area contributed by atoms with Crippen LogP contribution in [0.2, 0.25) is 0 Å². The maximum atomic E-state index is 12.6. The minimum Gasteiger partial charge on any atom is -0.379 e. The lowest BCUT2D eigenvalue weighted by molar-refractivity contribution is -0.132. The van der Waals surface area contributed by atoms with E-state index < -0.39 is 0 Å². The highest BCUT2D eigenvalue weighted by Crippen LogP contribution is 2.24. The normalized spacial score (nSPS) is 21.1. The number of hydrogen-bond donors (Lipinski definition) is 0. The van der Waals surface area contributed by atoms with Gasteiger partial charge in [-0.25, -0.2) is 0 Å². The Bertz CT molecular complexity index is 680. The van der Waals surface area contributed by atoms with E-state index in [1.807, 2.05) is 24.3 Å². The third kappa shape index (κ3) is 3.42. The molecule has 0 unspecified atom stereocenters. The highest BCUT2D eigenvalue weighted by Gasteiger charge is 2.37. The van der Waals surface area contributed by atoms with Gasteiger partial charge in [0.05, 0.1) is 18.3 Å². The van der Waals surface area contributed by atoms with Crippen LogP contribution in [-0.2, 0) is 29.4 Å². The smallest absolute Gasteiger partial charge is 0.236 e. The van der Waals surface area contributed by atoms with Gasteiger partial charge in [-0.05, 0) is 25.3 Å². The molecule has 124 valence electrons. The van der Waals surface area contributed by atoms with Gasteiger partial charge in [0.1, 0.15) is 6.42 Å². The van der Waals surface area contributed by atoms with Crippen molar-refractivity contribution in [2.75, 3.05) is 13.7 Å². The van der Waals surface area contributed by atoms with Crippen LogP contribution in [0, 0.1) is 6.92 Å². The van der Waals surface area contributed by atoms with E-state index >= 15 is 0 Å². The molecule has 3 rings (SSSR count). The summed E-state index contributed by atoms with van der Waals surface area (Å²) in [6.07, 6.45) is 5.51. The van der Waals surface area contributed by atoms with E-state index in [0.29, 0.717) is 18.3 Å². The first kappa shape index (κ1) is 15.7. The summed E-state index contributed by atoms with van der Waals surface area (Å²) in [7, 11) is 3.57. The molecular weight excluding hydrogens is 298 g/mol. The number of aryl methyl sites for hydroxylation is 2. The summed E-state index contributed by atoms with van der Waals surface area (Å²) >= 11 is 0. The molecule has 0 saturated carbocycles. The van der Waals surface area contributed by atoms with Crippen molar-refractivity contribution in [3.63, 3.8) is 0 Å².